The molecule has 23 heavy (non-hydrogen) atoms. The van der Waals surface area contributed by atoms with Crippen molar-refractivity contribution in [3.05, 3.63) is 34.4 Å². The summed E-state index contributed by atoms with van der Waals surface area (Å²) in [7, 11) is 0. The minimum atomic E-state index is -0.997. The maximum Gasteiger partial charge on any atom is 0.271 e. The molecule has 0 unspecified atom stereocenters. The molecule has 8 nitrogen and oxygen atoms in total. The zero-order valence-corrected chi connectivity index (χ0v) is 11.9. The molecule has 1 heterocycles. The van der Waals surface area contributed by atoms with Crippen molar-refractivity contribution in [2.75, 3.05) is 4.90 Å². The minimum Gasteiger partial charge on any atom is -0.390 e. The largest absolute Gasteiger partial charge is 0.390 e. The van der Waals surface area contributed by atoms with Gasteiger partial charge in [0.25, 0.3) is 5.69 Å². The lowest BCUT2D eigenvalue weighted by Gasteiger charge is -2.29. The van der Waals surface area contributed by atoms with E-state index in [1.165, 1.54) is 24.3 Å². The SMILES string of the molecule is O=C1[C@@H]2[C@@H]3C[C@@H]([C@H](O)[C@@H]3O)[C@@H]2C(=O)N1c1cccc([N+](=O)[O-])c1. The Morgan fingerprint density at radius 3 is 2.17 bits per heavy atom. The molecule has 0 spiro atoms. The molecule has 2 saturated carbocycles. The van der Waals surface area contributed by atoms with Gasteiger partial charge >= 0.3 is 0 Å². The zero-order chi connectivity index (χ0) is 16.5. The van der Waals surface area contributed by atoms with Gasteiger partial charge in [-0.15, -0.1) is 0 Å². The summed E-state index contributed by atoms with van der Waals surface area (Å²) < 4.78 is 0. The number of amides is 2. The lowest BCUT2D eigenvalue weighted by molar-refractivity contribution is -0.384. The number of anilines is 1. The highest BCUT2D eigenvalue weighted by molar-refractivity contribution is 6.22. The lowest BCUT2D eigenvalue weighted by Crippen LogP contribution is -2.43. The summed E-state index contributed by atoms with van der Waals surface area (Å²) >= 11 is 0. The number of nitro benzene ring substituents is 1. The van der Waals surface area contributed by atoms with Crippen LogP contribution < -0.4 is 4.90 Å². The number of fused-ring (bicyclic) bond motifs is 5. The standard InChI is InChI=1S/C15H14N2O6/c18-12-8-5-9(13(12)19)11-10(8)14(20)16(15(11)21)6-2-1-3-7(4-6)17(22)23/h1-4,8-13,18-19H,5H2/t8-,9+,10+,11-,12+,13-. The van der Waals surface area contributed by atoms with Crippen LogP contribution in [0.25, 0.3) is 0 Å². The highest BCUT2D eigenvalue weighted by atomic mass is 16.6. The maximum absolute atomic E-state index is 12.7. The van der Waals surface area contributed by atoms with E-state index in [4.69, 9.17) is 0 Å². The number of imide groups is 1. The number of benzene rings is 1. The number of aliphatic hydroxyl groups is 2. The van der Waals surface area contributed by atoms with Crippen molar-refractivity contribution in [1.29, 1.82) is 0 Å². The molecule has 2 aliphatic carbocycles. The normalized spacial score (nSPS) is 38.3. The monoisotopic (exact) mass is 318 g/mol. The average Bonchev–Trinajstić information content (AvgIpc) is 3.12. The number of hydrogen-bond donors (Lipinski definition) is 2. The number of hydrogen-bond acceptors (Lipinski definition) is 6. The first kappa shape index (κ1) is 14.3. The Hall–Kier alpha value is -2.32. The van der Waals surface area contributed by atoms with Gasteiger partial charge in [0.15, 0.2) is 0 Å². The Morgan fingerprint density at radius 1 is 1.09 bits per heavy atom. The summed E-state index contributed by atoms with van der Waals surface area (Å²) in [4.78, 5) is 36.6. The summed E-state index contributed by atoms with van der Waals surface area (Å²) in [6.45, 7) is 0. The summed E-state index contributed by atoms with van der Waals surface area (Å²) in [5.74, 6) is -3.05. The van der Waals surface area contributed by atoms with E-state index in [0.29, 0.717) is 6.42 Å². The number of nitro groups is 1. The predicted octanol–water partition coefficient (Wildman–Crippen LogP) is 0.0719. The van der Waals surface area contributed by atoms with E-state index in [-0.39, 0.29) is 11.4 Å². The van der Waals surface area contributed by atoms with Gasteiger partial charge in [-0.05, 0) is 12.5 Å². The predicted molar refractivity (Wildman–Crippen MR) is 76.2 cm³/mol. The Labute approximate surface area is 130 Å². The molecule has 1 aromatic rings. The third kappa shape index (κ3) is 1.73. The molecule has 1 aliphatic heterocycles. The van der Waals surface area contributed by atoms with Gasteiger partial charge < -0.3 is 10.2 Å². The number of nitrogens with zero attached hydrogens (tertiary/aromatic N) is 2. The van der Waals surface area contributed by atoms with Crippen LogP contribution in [0.4, 0.5) is 11.4 Å². The topological polar surface area (TPSA) is 121 Å². The van der Waals surface area contributed by atoms with Crippen molar-refractivity contribution in [2.45, 2.75) is 18.6 Å². The van der Waals surface area contributed by atoms with Crippen LogP contribution in [0.15, 0.2) is 24.3 Å². The number of rotatable bonds is 2. The van der Waals surface area contributed by atoms with Crippen LogP contribution in [-0.2, 0) is 9.59 Å². The highest BCUT2D eigenvalue weighted by Gasteiger charge is 2.67. The van der Waals surface area contributed by atoms with E-state index in [1.54, 1.807) is 0 Å². The summed E-state index contributed by atoms with van der Waals surface area (Å²) in [6, 6.07) is 5.36. The number of carbonyl (C=O) groups excluding carboxylic acids is 2. The first-order valence-electron chi connectivity index (χ1n) is 7.40. The maximum atomic E-state index is 12.7. The van der Waals surface area contributed by atoms with Gasteiger partial charge in [0.2, 0.25) is 11.8 Å². The highest BCUT2D eigenvalue weighted by Crippen LogP contribution is 2.56. The van der Waals surface area contributed by atoms with Crippen LogP contribution in [0, 0.1) is 33.8 Å². The van der Waals surface area contributed by atoms with Gasteiger partial charge in [-0.2, -0.15) is 0 Å². The van der Waals surface area contributed by atoms with Crippen LogP contribution in [0.2, 0.25) is 0 Å². The van der Waals surface area contributed by atoms with Crippen molar-refractivity contribution in [1.82, 2.24) is 0 Å². The second-order valence-electron chi connectivity index (χ2n) is 6.39. The quantitative estimate of drug-likeness (QED) is 0.452. The van der Waals surface area contributed by atoms with E-state index in [0.717, 1.165) is 4.90 Å². The molecule has 2 amide bonds. The average molecular weight is 318 g/mol. The fraction of sp³-hybridized carbons (Fsp3) is 0.467. The van der Waals surface area contributed by atoms with Crippen LogP contribution in [0.1, 0.15) is 6.42 Å². The molecule has 1 saturated heterocycles. The summed E-state index contributed by atoms with van der Waals surface area (Å²) in [5.41, 5.74) is -0.0461. The Kier molecular flexibility index (Phi) is 2.85. The number of non-ortho nitro benzene ring substituents is 1. The second-order valence-corrected chi connectivity index (χ2v) is 6.39. The third-order valence-corrected chi connectivity index (χ3v) is 5.39. The second kappa shape index (κ2) is 4.59. The van der Waals surface area contributed by atoms with Crippen LogP contribution >= 0.6 is 0 Å². The molecule has 3 aliphatic rings. The first-order chi connectivity index (χ1) is 10.9. The van der Waals surface area contributed by atoms with Gasteiger partial charge in [0.05, 0.1) is 34.7 Å². The Morgan fingerprint density at radius 2 is 1.65 bits per heavy atom. The fourth-order valence-electron chi connectivity index (χ4n) is 4.43. The van der Waals surface area contributed by atoms with Crippen LogP contribution in [0.3, 0.4) is 0 Å². The number of aliphatic hydroxyl groups excluding tert-OH is 2. The molecular weight excluding hydrogens is 304 g/mol. The molecule has 2 N–H and O–H groups in total. The first-order valence-corrected chi connectivity index (χ1v) is 7.40. The van der Waals surface area contributed by atoms with E-state index in [9.17, 15) is 29.9 Å². The van der Waals surface area contributed by atoms with E-state index < -0.39 is 52.6 Å². The molecule has 6 atom stereocenters. The van der Waals surface area contributed by atoms with Gasteiger partial charge in [0, 0.05) is 24.0 Å². The van der Waals surface area contributed by atoms with E-state index in [1.807, 2.05) is 0 Å². The molecule has 0 radical (unpaired) electrons. The summed E-state index contributed by atoms with van der Waals surface area (Å²) in [5, 5.41) is 30.9. The van der Waals surface area contributed by atoms with Crippen molar-refractivity contribution in [3.63, 3.8) is 0 Å². The molecule has 8 heteroatoms. The van der Waals surface area contributed by atoms with Crippen molar-refractivity contribution in [3.8, 4) is 0 Å². The lowest BCUT2D eigenvalue weighted by atomic mass is 9.78. The van der Waals surface area contributed by atoms with Crippen LogP contribution in [-0.4, -0.2) is 39.2 Å². The molecule has 0 aromatic heterocycles. The molecule has 2 bridgehead atoms. The smallest absolute Gasteiger partial charge is 0.271 e. The molecular formula is C15H14N2O6. The third-order valence-electron chi connectivity index (χ3n) is 5.39. The number of carbonyl (C=O) groups is 2. The molecule has 120 valence electrons. The van der Waals surface area contributed by atoms with E-state index >= 15 is 0 Å². The molecule has 3 fully saturated rings. The van der Waals surface area contributed by atoms with Gasteiger partial charge in [-0.1, -0.05) is 6.07 Å². The Balaban J connectivity index is 1.73. The van der Waals surface area contributed by atoms with E-state index in [2.05, 4.69) is 0 Å². The minimum absolute atomic E-state index is 0.159. The molecule has 4 rings (SSSR count). The van der Waals surface area contributed by atoms with Crippen molar-refractivity contribution in [2.24, 2.45) is 23.7 Å². The van der Waals surface area contributed by atoms with Gasteiger partial charge in [0.1, 0.15) is 0 Å². The van der Waals surface area contributed by atoms with Gasteiger partial charge in [-0.3, -0.25) is 19.7 Å². The zero-order valence-electron chi connectivity index (χ0n) is 11.9. The summed E-state index contributed by atoms with van der Waals surface area (Å²) in [6.07, 6.45) is -1.54. The van der Waals surface area contributed by atoms with Crippen molar-refractivity contribution >= 4 is 23.2 Å². The Bertz CT molecular complexity index is 702. The molecule has 1 aromatic carbocycles. The van der Waals surface area contributed by atoms with Gasteiger partial charge in [-0.25, -0.2) is 4.90 Å². The van der Waals surface area contributed by atoms with Crippen LogP contribution in [0.5, 0.6) is 0 Å². The van der Waals surface area contributed by atoms with Crippen molar-refractivity contribution < 1.29 is 24.7 Å². The fourth-order valence-corrected chi connectivity index (χ4v) is 4.43.